The zero-order valence-corrected chi connectivity index (χ0v) is 19.3. The van der Waals surface area contributed by atoms with Crippen LogP contribution in [0.25, 0.3) is 11.2 Å². The lowest BCUT2D eigenvalue weighted by atomic mass is 10.1. The van der Waals surface area contributed by atoms with Crippen LogP contribution in [-0.2, 0) is 0 Å². The summed E-state index contributed by atoms with van der Waals surface area (Å²) in [4.78, 5) is 16.4. The van der Waals surface area contributed by atoms with E-state index in [-0.39, 0.29) is 24.6 Å². The Bertz CT molecular complexity index is 1020. The Morgan fingerprint density at radius 1 is 1.06 bits per heavy atom. The highest BCUT2D eigenvalue weighted by molar-refractivity contribution is 5.86. The number of rotatable bonds is 8. The van der Waals surface area contributed by atoms with Gasteiger partial charge in [0.2, 0.25) is 5.95 Å². The molecule has 0 radical (unpaired) electrons. The van der Waals surface area contributed by atoms with Crippen molar-refractivity contribution < 1.29 is 5.11 Å². The predicted molar refractivity (Wildman–Crippen MR) is 130 cm³/mol. The summed E-state index contributed by atoms with van der Waals surface area (Å²) in [6.45, 7) is 12.4. The van der Waals surface area contributed by atoms with Crippen LogP contribution in [-0.4, -0.2) is 63.5 Å². The number of hydrogen-bond acceptors (Lipinski definition) is 8. The number of imidazole rings is 1. The van der Waals surface area contributed by atoms with Crippen molar-refractivity contribution in [1.29, 1.82) is 0 Å². The average molecular weight is 439 g/mol. The molecule has 9 nitrogen and oxygen atoms in total. The van der Waals surface area contributed by atoms with Gasteiger partial charge in [-0.1, -0.05) is 13.8 Å². The molecule has 1 saturated heterocycles. The van der Waals surface area contributed by atoms with E-state index in [2.05, 4.69) is 77.8 Å². The fourth-order valence-corrected chi connectivity index (χ4v) is 3.85. The van der Waals surface area contributed by atoms with Crippen LogP contribution in [0.5, 0.6) is 0 Å². The van der Waals surface area contributed by atoms with Gasteiger partial charge in [-0.05, 0) is 44.0 Å². The number of nitrogens with one attached hydrogen (secondary N) is 3. The van der Waals surface area contributed by atoms with Crippen molar-refractivity contribution in [2.24, 2.45) is 5.92 Å². The van der Waals surface area contributed by atoms with E-state index >= 15 is 0 Å². The number of benzene rings is 1. The first-order chi connectivity index (χ1) is 15.5. The number of anilines is 4. The third-order valence-electron chi connectivity index (χ3n) is 5.91. The molecule has 32 heavy (non-hydrogen) atoms. The highest BCUT2D eigenvalue weighted by Crippen LogP contribution is 2.27. The molecule has 1 aliphatic heterocycles. The van der Waals surface area contributed by atoms with Crippen LogP contribution in [0.2, 0.25) is 0 Å². The summed E-state index contributed by atoms with van der Waals surface area (Å²) in [7, 11) is 0. The van der Waals surface area contributed by atoms with E-state index in [9.17, 15) is 5.11 Å². The third kappa shape index (κ3) is 4.78. The number of fused-ring (bicyclic) bond motifs is 1. The molecule has 1 aliphatic rings. The van der Waals surface area contributed by atoms with Gasteiger partial charge in [0, 0.05) is 43.6 Å². The lowest BCUT2D eigenvalue weighted by Crippen LogP contribution is -2.43. The molecule has 0 amide bonds. The Kier molecular flexibility index (Phi) is 6.76. The summed E-state index contributed by atoms with van der Waals surface area (Å²) in [5.41, 5.74) is 3.65. The van der Waals surface area contributed by atoms with Crippen LogP contribution in [0.1, 0.15) is 33.7 Å². The fourth-order valence-electron chi connectivity index (χ4n) is 3.85. The van der Waals surface area contributed by atoms with Crippen molar-refractivity contribution >= 4 is 34.3 Å². The molecule has 1 unspecified atom stereocenters. The number of piperazine rings is 1. The topological polar surface area (TPSA) is 103 Å². The number of hydrogen-bond donors (Lipinski definition) is 4. The van der Waals surface area contributed by atoms with Crippen LogP contribution in [0.4, 0.5) is 23.1 Å². The number of nitrogens with zero attached hydrogens (tertiary/aromatic N) is 5. The normalized spacial score (nSPS) is 15.5. The Morgan fingerprint density at radius 3 is 2.41 bits per heavy atom. The second kappa shape index (κ2) is 9.70. The average Bonchev–Trinajstić information content (AvgIpc) is 3.23. The van der Waals surface area contributed by atoms with Gasteiger partial charge in [0.1, 0.15) is 0 Å². The maximum Gasteiger partial charge on any atom is 0.227 e. The second-order valence-corrected chi connectivity index (χ2v) is 8.90. The lowest BCUT2D eigenvalue weighted by Gasteiger charge is -2.29. The monoisotopic (exact) mass is 438 g/mol. The first kappa shape index (κ1) is 22.3. The number of aromatic nitrogens is 4. The van der Waals surface area contributed by atoms with Crippen molar-refractivity contribution in [2.45, 2.75) is 39.8 Å². The zero-order chi connectivity index (χ0) is 22.7. The van der Waals surface area contributed by atoms with Gasteiger partial charge in [0.25, 0.3) is 0 Å². The molecule has 0 aliphatic carbocycles. The molecule has 2 aromatic heterocycles. The SMILES string of the molecule is CC(C)C(CO)Nc1nc(Nc2ccc(N3CCNCC3)cc2)c2ncn(C(C)C)c2n1. The maximum atomic E-state index is 9.75. The number of aliphatic hydroxyl groups is 1. The fraction of sp³-hybridized carbons (Fsp3) is 0.522. The molecule has 0 spiro atoms. The van der Waals surface area contributed by atoms with Gasteiger partial charge in [-0.25, -0.2) is 4.98 Å². The quantitative estimate of drug-likeness (QED) is 0.426. The summed E-state index contributed by atoms with van der Waals surface area (Å²) in [5.74, 6) is 1.36. The summed E-state index contributed by atoms with van der Waals surface area (Å²) < 4.78 is 2.03. The third-order valence-corrected chi connectivity index (χ3v) is 5.91. The van der Waals surface area contributed by atoms with Gasteiger partial charge in [0.15, 0.2) is 17.0 Å². The Hall–Kier alpha value is -2.91. The van der Waals surface area contributed by atoms with Crippen molar-refractivity contribution in [2.75, 3.05) is 48.3 Å². The van der Waals surface area contributed by atoms with Crippen LogP contribution < -0.4 is 20.9 Å². The van der Waals surface area contributed by atoms with Crippen molar-refractivity contribution in [3.63, 3.8) is 0 Å². The van der Waals surface area contributed by atoms with Crippen molar-refractivity contribution in [1.82, 2.24) is 24.8 Å². The molecule has 3 aromatic rings. The minimum atomic E-state index is -0.131. The molecular formula is C23H34N8O. The maximum absolute atomic E-state index is 9.75. The summed E-state index contributed by atoms with van der Waals surface area (Å²) in [6, 6.07) is 8.50. The molecule has 1 aromatic carbocycles. The van der Waals surface area contributed by atoms with E-state index in [0.717, 1.165) is 43.0 Å². The van der Waals surface area contributed by atoms with Gasteiger partial charge < -0.3 is 30.5 Å². The van der Waals surface area contributed by atoms with Crippen molar-refractivity contribution in [3.05, 3.63) is 30.6 Å². The molecular weight excluding hydrogens is 404 g/mol. The molecule has 1 atom stereocenters. The van der Waals surface area contributed by atoms with Gasteiger partial charge in [-0.2, -0.15) is 9.97 Å². The first-order valence-electron chi connectivity index (χ1n) is 11.4. The molecule has 1 fully saturated rings. The molecule has 4 rings (SSSR count). The summed E-state index contributed by atoms with van der Waals surface area (Å²) >= 11 is 0. The Balaban J connectivity index is 1.64. The summed E-state index contributed by atoms with van der Waals surface area (Å²) in [6.07, 6.45) is 1.80. The predicted octanol–water partition coefficient (Wildman–Crippen LogP) is 2.99. The Labute approximate surface area is 189 Å². The molecule has 0 bridgehead atoms. The van der Waals surface area contributed by atoms with E-state index < -0.39 is 0 Å². The van der Waals surface area contributed by atoms with Gasteiger partial charge in [-0.3, -0.25) is 0 Å². The lowest BCUT2D eigenvalue weighted by molar-refractivity contribution is 0.248. The highest BCUT2D eigenvalue weighted by atomic mass is 16.3. The Morgan fingerprint density at radius 2 is 1.78 bits per heavy atom. The molecule has 4 N–H and O–H groups in total. The van der Waals surface area contributed by atoms with Crippen LogP contribution in [0, 0.1) is 5.92 Å². The zero-order valence-electron chi connectivity index (χ0n) is 19.3. The van der Waals surface area contributed by atoms with E-state index in [4.69, 9.17) is 9.97 Å². The van der Waals surface area contributed by atoms with Gasteiger partial charge >= 0.3 is 0 Å². The first-order valence-corrected chi connectivity index (χ1v) is 11.4. The highest BCUT2D eigenvalue weighted by Gasteiger charge is 2.19. The smallest absolute Gasteiger partial charge is 0.227 e. The van der Waals surface area contributed by atoms with E-state index in [1.165, 1.54) is 5.69 Å². The minimum Gasteiger partial charge on any atom is -0.394 e. The molecule has 9 heteroatoms. The standard InChI is InChI=1S/C23H34N8O/c1-15(2)19(13-32)27-23-28-21(20-22(29-23)31(14-25-20)16(3)4)26-17-5-7-18(8-6-17)30-11-9-24-10-12-30/h5-8,14-16,19,24,32H,9-13H2,1-4H3,(H2,26,27,28,29). The number of aliphatic hydroxyl groups excluding tert-OH is 1. The van der Waals surface area contributed by atoms with Gasteiger partial charge in [-0.15, -0.1) is 0 Å². The van der Waals surface area contributed by atoms with Crippen LogP contribution in [0.15, 0.2) is 30.6 Å². The van der Waals surface area contributed by atoms with Crippen molar-refractivity contribution in [3.8, 4) is 0 Å². The van der Waals surface area contributed by atoms with E-state index in [1.807, 2.05) is 4.57 Å². The van der Waals surface area contributed by atoms with E-state index in [1.54, 1.807) is 6.33 Å². The molecule has 3 heterocycles. The summed E-state index contributed by atoms with van der Waals surface area (Å²) in [5, 5.41) is 19.9. The minimum absolute atomic E-state index is 0.0126. The van der Waals surface area contributed by atoms with E-state index in [0.29, 0.717) is 11.8 Å². The van der Waals surface area contributed by atoms with Gasteiger partial charge in [0.05, 0.1) is 19.0 Å². The van der Waals surface area contributed by atoms with Crippen LogP contribution >= 0.6 is 0 Å². The molecule has 172 valence electrons. The molecule has 0 saturated carbocycles. The second-order valence-electron chi connectivity index (χ2n) is 8.90. The van der Waals surface area contributed by atoms with Crippen LogP contribution in [0.3, 0.4) is 0 Å². The largest absolute Gasteiger partial charge is 0.394 e.